The number of hydrogen-bond donors (Lipinski definition) is 1. The van der Waals surface area contributed by atoms with E-state index in [1.807, 2.05) is 19.3 Å². The lowest BCUT2D eigenvalue weighted by Crippen LogP contribution is -2.26. The van der Waals surface area contributed by atoms with Gasteiger partial charge in [-0.2, -0.15) is 5.26 Å². The molecule has 2 aromatic heterocycles. The Balaban J connectivity index is 1.68. The van der Waals surface area contributed by atoms with Crippen molar-refractivity contribution in [1.82, 2.24) is 15.0 Å². The highest BCUT2D eigenvalue weighted by Crippen LogP contribution is 2.37. The van der Waals surface area contributed by atoms with Crippen LogP contribution in [0.2, 0.25) is 0 Å². The normalized spacial score (nSPS) is 23.8. The Kier molecular flexibility index (Phi) is 6.76. The summed E-state index contributed by atoms with van der Waals surface area (Å²) in [5.41, 5.74) is 2.02. The third kappa shape index (κ3) is 4.88. The summed E-state index contributed by atoms with van der Waals surface area (Å²) in [5, 5.41) is 19.7. The molecule has 1 saturated carbocycles. The largest absolute Gasteiger partial charge is 0.474 e. The second-order valence-electron chi connectivity index (χ2n) is 8.67. The van der Waals surface area contributed by atoms with E-state index in [0.29, 0.717) is 37.9 Å². The lowest BCUT2D eigenvalue weighted by molar-refractivity contribution is 0.0244. The Labute approximate surface area is 177 Å². The lowest BCUT2D eigenvalue weighted by atomic mass is 9.82. The fraction of sp³-hybridized carbons (Fsp3) is 0.652. The van der Waals surface area contributed by atoms with Crippen LogP contribution in [0.25, 0.3) is 10.9 Å². The molecule has 2 fully saturated rings. The monoisotopic (exact) mass is 410 g/mol. The van der Waals surface area contributed by atoms with E-state index in [1.165, 1.54) is 0 Å². The van der Waals surface area contributed by atoms with Crippen molar-refractivity contribution < 1.29 is 14.6 Å². The minimum absolute atomic E-state index is 0.0976. The number of ether oxygens (including phenoxy) is 2. The summed E-state index contributed by atoms with van der Waals surface area (Å²) in [7, 11) is 0. The standard InChI is InChI=1S/C23H30N4O3/c1-15(6-9-24)12-21-25-14-20-22(27-21)19(16-2-4-17(28)5-3-16)13-26-23(20)30-18-7-10-29-11-8-18/h13-18,28H,2-8,10-12H2,1H3/t15-,16?,17?/m0/s1. The van der Waals surface area contributed by atoms with Gasteiger partial charge in [0.15, 0.2) is 0 Å². The van der Waals surface area contributed by atoms with Gasteiger partial charge in [-0.3, -0.25) is 0 Å². The molecule has 7 nitrogen and oxygen atoms in total. The van der Waals surface area contributed by atoms with Crippen molar-refractivity contribution in [3.63, 3.8) is 0 Å². The molecule has 160 valence electrons. The summed E-state index contributed by atoms with van der Waals surface area (Å²) in [6.07, 6.45) is 10.0. The maximum atomic E-state index is 9.91. The molecule has 2 aromatic rings. The zero-order valence-corrected chi connectivity index (χ0v) is 17.6. The first-order valence-corrected chi connectivity index (χ1v) is 11.1. The molecule has 0 amide bonds. The van der Waals surface area contributed by atoms with Crippen LogP contribution >= 0.6 is 0 Å². The molecule has 0 radical (unpaired) electrons. The summed E-state index contributed by atoms with van der Waals surface area (Å²) in [6.45, 7) is 3.47. The molecule has 1 N–H and O–H groups in total. The molecule has 3 heterocycles. The van der Waals surface area contributed by atoms with Gasteiger partial charge in [0, 0.05) is 43.6 Å². The van der Waals surface area contributed by atoms with Crippen molar-refractivity contribution in [3.05, 3.63) is 23.8 Å². The zero-order valence-electron chi connectivity index (χ0n) is 17.6. The van der Waals surface area contributed by atoms with Crippen molar-refractivity contribution >= 4 is 10.9 Å². The minimum Gasteiger partial charge on any atom is -0.474 e. The molecule has 1 aliphatic heterocycles. The van der Waals surface area contributed by atoms with Crippen molar-refractivity contribution in [3.8, 4) is 11.9 Å². The summed E-state index contributed by atoms with van der Waals surface area (Å²) < 4.78 is 11.7. The maximum Gasteiger partial charge on any atom is 0.224 e. The van der Waals surface area contributed by atoms with Gasteiger partial charge in [-0.25, -0.2) is 15.0 Å². The highest BCUT2D eigenvalue weighted by Gasteiger charge is 2.26. The molecule has 2 aliphatic rings. The predicted octanol–water partition coefficient (Wildman–Crippen LogP) is 3.69. The number of aromatic nitrogens is 3. The highest BCUT2D eigenvalue weighted by molar-refractivity contribution is 5.85. The van der Waals surface area contributed by atoms with Gasteiger partial charge >= 0.3 is 0 Å². The Bertz CT molecular complexity index is 899. The number of pyridine rings is 1. The fourth-order valence-corrected chi connectivity index (χ4v) is 4.42. The smallest absolute Gasteiger partial charge is 0.224 e. The van der Waals surface area contributed by atoms with Crippen molar-refractivity contribution in [2.45, 2.75) is 76.4 Å². The van der Waals surface area contributed by atoms with Gasteiger partial charge in [0.05, 0.1) is 36.3 Å². The Morgan fingerprint density at radius 1 is 1.17 bits per heavy atom. The molecule has 4 rings (SSSR count). The van der Waals surface area contributed by atoms with Gasteiger partial charge in [-0.05, 0) is 37.5 Å². The first-order valence-electron chi connectivity index (χ1n) is 11.1. The fourth-order valence-electron chi connectivity index (χ4n) is 4.42. The number of fused-ring (bicyclic) bond motifs is 1. The van der Waals surface area contributed by atoms with E-state index >= 15 is 0 Å². The average molecular weight is 411 g/mol. The van der Waals surface area contributed by atoms with E-state index in [-0.39, 0.29) is 18.1 Å². The van der Waals surface area contributed by atoms with E-state index in [1.54, 1.807) is 0 Å². The first-order chi connectivity index (χ1) is 14.6. The molecule has 7 heteroatoms. The third-order valence-corrected chi connectivity index (χ3v) is 6.22. The molecule has 0 aromatic carbocycles. The van der Waals surface area contributed by atoms with Crippen LogP contribution in [0.15, 0.2) is 12.4 Å². The molecule has 1 saturated heterocycles. The summed E-state index contributed by atoms with van der Waals surface area (Å²) in [4.78, 5) is 14.2. The first kappa shape index (κ1) is 21.0. The van der Waals surface area contributed by atoms with Crippen LogP contribution < -0.4 is 4.74 Å². The summed E-state index contributed by atoms with van der Waals surface area (Å²) in [5.74, 6) is 1.89. The number of nitrogens with zero attached hydrogens (tertiary/aromatic N) is 4. The van der Waals surface area contributed by atoms with Gasteiger partial charge in [0.1, 0.15) is 11.9 Å². The number of rotatable bonds is 6. The van der Waals surface area contributed by atoms with E-state index in [0.717, 1.165) is 60.8 Å². The Morgan fingerprint density at radius 3 is 2.67 bits per heavy atom. The van der Waals surface area contributed by atoms with E-state index in [2.05, 4.69) is 16.0 Å². The van der Waals surface area contributed by atoms with Gasteiger partial charge in [0.25, 0.3) is 0 Å². The quantitative estimate of drug-likeness (QED) is 0.775. The van der Waals surface area contributed by atoms with Crippen LogP contribution in [0, 0.1) is 17.2 Å². The third-order valence-electron chi connectivity index (χ3n) is 6.22. The molecule has 1 aliphatic carbocycles. The topological polar surface area (TPSA) is 101 Å². The number of aliphatic hydroxyl groups is 1. The summed E-state index contributed by atoms with van der Waals surface area (Å²) >= 11 is 0. The van der Waals surface area contributed by atoms with Crippen molar-refractivity contribution in [2.75, 3.05) is 13.2 Å². The van der Waals surface area contributed by atoms with E-state index in [9.17, 15) is 5.11 Å². The second-order valence-corrected chi connectivity index (χ2v) is 8.67. The number of nitriles is 1. The minimum atomic E-state index is -0.200. The maximum absolute atomic E-state index is 9.91. The summed E-state index contributed by atoms with van der Waals surface area (Å²) in [6, 6.07) is 2.23. The van der Waals surface area contributed by atoms with Crippen molar-refractivity contribution in [1.29, 1.82) is 5.26 Å². The van der Waals surface area contributed by atoms with Crippen LogP contribution in [-0.2, 0) is 11.2 Å². The molecular formula is C23H30N4O3. The predicted molar refractivity (Wildman–Crippen MR) is 112 cm³/mol. The lowest BCUT2D eigenvalue weighted by Gasteiger charge is -2.27. The molecule has 30 heavy (non-hydrogen) atoms. The SMILES string of the molecule is C[C@@H](CC#N)Cc1ncc2c(OC3CCOCC3)ncc(C3CCC(O)CC3)c2n1. The van der Waals surface area contributed by atoms with Crippen molar-refractivity contribution in [2.24, 2.45) is 5.92 Å². The van der Waals surface area contributed by atoms with Crippen LogP contribution in [-0.4, -0.2) is 45.5 Å². The molecule has 0 spiro atoms. The highest BCUT2D eigenvalue weighted by atomic mass is 16.5. The van der Waals surface area contributed by atoms with Crippen LogP contribution in [0.3, 0.4) is 0 Å². The van der Waals surface area contributed by atoms with Crippen LogP contribution in [0.5, 0.6) is 5.88 Å². The van der Waals surface area contributed by atoms with E-state index < -0.39 is 0 Å². The van der Waals surface area contributed by atoms with Gasteiger partial charge in [-0.15, -0.1) is 0 Å². The molecular weight excluding hydrogens is 380 g/mol. The average Bonchev–Trinajstić information content (AvgIpc) is 2.75. The zero-order chi connectivity index (χ0) is 20.9. The number of hydrogen-bond acceptors (Lipinski definition) is 7. The second kappa shape index (κ2) is 9.67. The molecule has 0 bridgehead atoms. The van der Waals surface area contributed by atoms with E-state index in [4.69, 9.17) is 19.7 Å². The van der Waals surface area contributed by atoms with Gasteiger partial charge in [0.2, 0.25) is 5.88 Å². The molecule has 0 unspecified atom stereocenters. The Hall–Kier alpha value is -2.30. The Morgan fingerprint density at radius 2 is 1.93 bits per heavy atom. The van der Waals surface area contributed by atoms with Crippen LogP contribution in [0.1, 0.15) is 69.2 Å². The van der Waals surface area contributed by atoms with Gasteiger partial charge < -0.3 is 14.6 Å². The van der Waals surface area contributed by atoms with Crippen LogP contribution in [0.4, 0.5) is 0 Å². The number of aliphatic hydroxyl groups excluding tert-OH is 1. The van der Waals surface area contributed by atoms with Gasteiger partial charge in [-0.1, -0.05) is 6.92 Å². The molecule has 1 atom stereocenters.